The number of rotatable bonds is 8. The first-order valence-corrected chi connectivity index (χ1v) is 9.48. The third kappa shape index (κ3) is 3.98. The summed E-state index contributed by atoms with van der Waals surface area (Å²) in [4.78, 5) is 14.8. The topological polar surface area (TPSA) is 51.9 Å². The second kappa shape index (κ2) is 7.45. The number of furan rings is 1. The lowest BCUT2D eigenvalue weighted by Crippen LogP contribution is -2.32. The summed E-state index contributed by atoms with van der Waals surface area (Å²) in [5.74, 6) is 2.62. The Hall–Kier alpha value is -2.57. The van der Waals surface area contributed by atoms with Gasteiger partial charge >= 0.3 is 6.61 Å². The highest BCUT2D eigenvalue weighted by molar-refractivity contribution is 5.95. The van der Waals surface area contributed by atoms with Crippen LogP contribution >= 0.6 is 0 Å². The lowest BCUT2D eigenvalue weighted by molar-refractivity contribution is -0.0512. The van der Waals surface area contributed by atoms with E-state index in [9.17, 15) is 13.6 Å². The van der Waals surface area contributed by atoms with Gasteiger partial charge in [-0.2, -0.15) is 8.78 Å². The molecule has 28 heavy (non-hydrogen) atoms. The van der Waals surface area contributed by atoms with Crippen LogP contribution < -0.4 is 9.47 Å². The second-order valence-electron chi connectivity index (χ2n) is 7.53. The van der Waals surface area contributed by atoms with Crippen molar-refractivity contribution in [3.63, 3.8) is 0 Å². The Balaban J connectivity index is 1.53. The highest BCUT2D eigenvalue weighted by atomic mass is 19.3. The third-order valence-electron chi connectivity index (χ3n) is 5.36. The highest BCUT2D eigenvalue weighted by Crippen LogP contribution is 2.47. The molecular formula is C21H23F2NO4. The van der Waals surface area contributed by atoms with E-state index in [1.54, 1.807) is 11.0 Å². The fraction of sp³-hybridized carbons (Fsp3) is 0.476. The minimum atomic E-state index is -3.00. The van der Waals surface area contributed by atoms with Gasteiger partial charge in [-0.15, -0.1) is 0 Å². The molecule has 1 aromatic heterocycles. The SMILES string of the molecule is COc1ccc(C(=O)N(Cc2ccc(C3CC3C)o2)C2CC2)cc1OC(F)F. The number of ether oxygens (including phenoxy) is 2. The zero-order chi connectivity index (χ0) is 19.8. The van der Waals surface area contributed by atoms with Gasteiger partial charge in [0.05, 0.1) is 13.7 Å². The van der Waals surface area contributed by atoms with E-state index in [-0.39, 0.29) is 29.0 Å². The molecule has 0 saturated heterocycles. The molecule has 1 amide bonds. The molecule has 2 unspecified atom stereocenters. The normalized spacial score (nSPS) is 20.9. The van der Waals surface area contributed by atoms with Crippen molar-refractivity contribution >= 4 is 5.91 Å². The summed E-state index contributed by atoms with van der Waals surface area (Å²) >= 11 is 0. The van der Waals surface area contributed by atoms with Gasteiger partial charge in [-0.25, -0.2) is 0 Å². The molecule has 0 N–H and O–H groups in total. The van der Waals surface area contributed by atoms with Gasteiger partial charge in [0.15, 0.2) is 11.5 Å². The molecule has 0 radical (unpaired) electrons. The number of methoxy groups -OCH3 is 1. The van der Waals surface area contributed by atoms with Crippen LogP contribution in [0.4, 0.5) is 8.78 Å². The zero-order valence-electron chi connectivity index (χ0n) is 15.9. The zero-order valence-corrected chi connectivity index (χ0v) is 15.9. The van der Waals surface area contributed by atoms with Crippen LogP contribution in [-0.4, -0.2) is 30.6 Å². The quantitative estimate of drug-likeness (QED) is 0.648. The van der Waals surface area contributed by atoms with Crippen molar-refractivity contribution in [2.45, 2.75) is 51.3 Å². The molecule has 0 aliphatic heterocycles. The first-order chi connectivity index (χ1) is 13.5. The molecule has 7 heteroatoms. The minimum absolute atomic E-state index is 0.141. The standard InChI is InChI=1S/C21H23F2NO4/c1-12-9-16(12)17-8-6-15(27-17)11-24(14-4-5-14)20(25)13-3-7-18(26-2)19(10-13)28-21(22)23/h3,6-8,10,12,14,16,21H,4-5,9,11H2,1-2H3. The monoisotopic (exact) mass is 391 g/mol. The molecule has 0 spiro atoms. The van der Waals surface area contributed by atoms with Crippen LogP contribution in [0.1, 0.15) is 54.0 Å². The molecule has 1 heterocycles. The first kappa shape index (κ1) is 18.8. The largest absolute Gasteiger partial charge is 0.493 e. The summed E-state index contributed by atoms with van der Waals surface area (Å²) in [6, 6.07) is 8.39. The number of hydrogen-bond donors (Lipinski definition) is 0. The van der Waals surface area contributed by atoms with E-state index in [2.05, 4.69) is 11.7 Å². The van der Waals surface area contributed by atoms with E-state index < -0.39 is 6.61 Å². The first-order valence-electron chi connectivity index (χ1n) is 9.48. The van der Waals surface area contributed by atoms with E-state index in [0.717, 1.165) is 30.8 Å². The molecule has 5 nitrogen and oxygen atoms in total. The summed E-state index contributed by atoms with van der Waals surface area (Å²) < 4.78 is 40.8. The van der Waals surface area contributed by atoms with Crippen LogP contribution in [0.3, 0.4) is 0 Å². The Morgan fingerprint density at radius 3 is 2.61 bits per heavy atom. The van der Waals surface area contributed by atoms with Gasteiger partial charge in [-0.1, -0.05) is 6.92 Å². The molecule has 2 saturated carbocycles. The van der Waals surface area contributed by atoms with Gasteiger partial charge in [-0.3, -0.25) is 4.79 Å². The molecule has 2 fully saturated rings. The number of carbonyl (C=O) groups excluding carboxylic acids is 1. The lowest BCUT2D eigenvalue weighted by atomic mass is 10.1. The third-order valence-corrected chi connectivity index (χ3v) is 5.36. The number of carbonyl (C=O) groups is 1. The number of hydrogen-bond acceptors (Lipinski definition) is 4. The molecular weight excluding hydrogens is 368 g/mol. The fourth-order valence-corrected chi connectivity index (χ4v) is 3.48. The van der Waals surface area contributed by atoms with Crippen LogP contribution in [0.5, 0.6) is 11.5 Å². The van der Waals surface area contributed by atoms with E-state index in [1.165, 1.54) is 19.2 Å². The molecule has 2 aromatic rings. The summed E-state index contributed by atoms with van der Waals surface area (Å²) in [6.07, 6.45) is 2.99. The Bertz CT molecular complexity index is 862. The number of benzene rings is 1. The Morgan fingerprint density at radius 2 is 2.00 bits per heavy atom. The van der Waals surface area contributed by atoms with Gasteiger partial charge in [0.2, 0.25) is 0 Å². The fourth-order valence-electron chi connectivity index (χ4n) is 3.48. The predicted molar refractivity (Wildman–Crippen MR) is 97.8 cm³/mol. The van der Waals surface area contributed by atoms with E-state index in [0.29, 0.717) is 18.4 Å². The molecule has 2 atom stereocenters. The van der Waals surface area contributed by atoms with Crippen molar-refractivity contribution in [1.29, 1.82) is 0 Å². The van der Waals surface area contributed by atoms with Crippen molar-refractivity contribution in [3.05, 3.63) is 47.4 Å². The molecule has 2 aliphatic rings. The average molecular weight is 391 g/mol. The smallest absolute Gasteiger partial charge is 0.387 e. The van der Waals surface area contributed by atoms with E-state index >= 15 is 0 Å². The predicted octanol–water partition coefficient (Wildman–Crippen LogP) is 4.82. The number of alkyl halides is 2. The van der Waals surface area contributed by atoms with Crippen molar-refractivity contribution in [1.82, 2.24) is 4.90 Å². The molecule has 150 valence electrons. The van der Waals surface area contributed by atoms with Crippen LogP contribution in [0.15, 0.2) is 34.7 Å². The lowest BCUT2D eigenvalue weighted by Gasteiger charge is -2.22. The van der Waals surface area contributed by atoms with Crippen LogP contribution in [0.2, 0.25) is 0 Å². The maximum atomic E-state index is 13.1. The van der Waals surface area contributed by atoms with Gasteiger partial charge in [-0.05, 0) is 55.5 Å². The van der Waals surface area contributed by atoms with Crippen LogP contribution in [0.25, 0.3) is 0 Å². The molecule has 2 aliphatic carbocycles. The highest BCUT2D eigenvalue weighted by Gasteiger charge is 2.38. The van der Waals surface area contributed by atoms with Crippen molar-refractivity contribution in [2.75, 3.05) is 7.11 Å². The van der Waals surface area contributed by atoms with Crippen molar-refractivity contribution in [3.8, 4) is 11.5 Å². The maximum absolute atomic E-state index is 13.1. The van der Waals surface area contributed by atoms with Crippen LogP contribution in [-0.2, 0) is 6.54 Å². The summed E-state index contributed by atoms with van der Waals surface area (Å²) in [7, 11) is 1.36. The van der Waals surface area contributed by atoms with Crippen molar-refractivity contribution in [2.24, 2.45) is 5.92 Å². The maximum Gasteiger partial charge on any atom is 0.387 e. The summed E-state index contributed by atoms with van der Waals surface area (Å²) in [5.41, 5.74) is 0.283. The minimum Gasteiger partial charge on any atom is -0.493 e. The van der Waals surface area contributed by atoms with E-state index in [1.807, 2.05) is 12.1 Å². The Labute approximate surface area is 162 Å². The number of amides is 1. The summed E-state index contributed by atoms with van der Waals surface area (Å²) in [6.45, 7) is -0.442. The summed E-state index contributed by atoms with van der Waals surface area (Å²) in [5, 5.41) is 0. The second-order valence-corrected chi connectivity index (χ2v) is 7.53. The van der Waals surface area contributed by atoms with Gasteiger partial charge < -0.3 is 18.8 Å². The van der Waals surface area contributed by atoms with Crippen LogP contribution in [0, 0.1) is 5.92 Å². The van der Waals surface area contributed by atoms with Gasteiger partial charge in [0.1, 0.15) is 11.5 Å². The number of halogens is 2. The van der Waals surface area contributed by atoms with Gasteiger partial charge in [0.25, 0.3) is 5.91 Å². The average Bonchev–Trinajstić information content (AvgIpc) is 3.59. The molecule has 1 aromatic carbocycles. The number of nitrogens with zero attached hydrogens (tertiary/aromatic N) is 1. The van der Waals surface area contributed by atoms with Gasteiger partial charge in [0, 0.05) is 17.5 Å². The molecule has 4 rings (SSSR count). The Kier molecular flexibility index (Phi) is 5.00. The Morgan fingerprint density at radius 1 is 1.25 bits per heavy atom. The van der Waals surface area contributed by atoms with E-state index in [4.69, 9.17) is 9.15 Å². The van der Waals surface area contributed by atoms with Crippen molar-refractivity contribution < 1.29 is 27.5 Å². The molecule has 0 bridgehead atoms.